The highest BCUT2D eigenvalue weighted by atomic mass is 19.1. The third-order valence-corrected chi connectivity index (χ3v) is 3.39. The zero-order valence-electron chi connectivity index (χ0n) is 11.6. The van der Waals surface area contributed by atoms with Gasteiger partial charge in [0.2, 0.25) is 0 Å². The maximum atomic E-state index is 12.8. The molecule has 0 bridgehead atoms. The summed E-state index contributed by atoms with van der Waals surface area (Å²) in [4.78, 5) is 4.05. The molecule has 0 amide bonds. The van der Waals surface area contributed by atoms with E-state index < -0.39 is 0 Å². The van der Waals surface area contributed by atoms with E-state index in [0.29, 0.717) is 0 Å². The van der Waals surface area contributed by atoms with Crippen molar-refractivity contribution in [2.45, 2.75) is 33.2 Å². The molecule has 0 saturated carbocycles. The Balaban J connectivity index is 2.24. The van der Waals surface area contributed by atoms with Crippen molar-refractivity contribution in [2.75, 3.05) is 0 Å². The summed E-state index contributed by atoms with van der Waals surface area (Å²) in [6.45, 7) is 6.28. The number of aromatic nitrogens is 1. The Labute approximate surface area is 113 Å². The van der Waals surface area contributed by atoms with Gasteiger partial charge < -0.3 is 5.73 Å². The lowest BCUT2D eigenvalue weighted by atomic mass is 9.93. The number of halogens is 1. The Morgan fingerprint density at radius 2 is 1.79 bits per heavy atom. The third kappa shape index (κ3) is 3.18. The Morgan fingerprint density at radius 1 is 1.16 bits per heavy atom. The molecule has 19 heavy (non-hydrogen) atoms. The number of rotatable bonds is 3. The number of benzene rings is 1. The Bertz CT molecular complexity index is 553. The van der Waals surface area contributed by atoms with Gasteiger partial charge in [-0.15, -0.1) is 0 Å². The molecular weight excluding hydrogens is 239 g/mol. The van der Waals surface area contributed by atoms with E-state index in [4.69, 9.17) is 5.73 Å². The van der Waals surface area contributed by atoms with Crippen molar-refractivity contribution < 1.29 is 4.39 Å². The van der Waals surface area contributed by atoms with Crippen LogP contribution in [0, 0.1) is 26.6 Å². The van der Waals surface area contributed by atoms with Crippen LogP contribution >= 0.6 is 0 Å². The molecule has 1 heterocycles. The van der Waals surface area contributed by atoms with Gasteiger partial charge >= 0.3 is 0 Å². The second-order valence-electron chi connectivity index (χ2n) is 5.09. The van der Waals surface area contributed by atoms with E-state index in [1.807, 2.05) is 0 Å². The summed E-state index contributed by atoms with van der Waals surface area (Å²) >= 11 is 0. The molecule has 3 heteroatoms. The maximum absolute atomic E-state index is 12.8. The topological polar surface area (TPSA) is 38.9 Å². The summed E-state index contributed by atoms with van der Waals surface area (Å²) in [7, 11) is 0. The predicted octanol–water partition coefficient (Wildman–Crippen LogP) is 3.39. The number of aryl methyl sites for hydroxylation is 3. The van der Waals surface area contributed by atoms with Gasteiger partial charge in [-0.3, -0.25) is 4.98 Å². The monoisotopic (exact) mass is 258 g/mol. The number of nitrogens with two attached hydrogens (primary N) is 1. The normalized spacial score (nSPS) is 12.5. The third-order valence-electron chi connectivity index (χ3n) is 3.39. The quantitative estimate of drug-likeness (QED) is 0.916. The van der Waals surface area contributed by atoms with E-state index >= 15 is 0 Å². The first kappa shape index (κ1) is 13.7. The molecule has 0 saturated heterocycles. The van der Waals surface area contributed by atoms with Crippen LogP contribution in [0.25, 0.3) is 0 Å². The van der Waals surface area contributed by atoms with Crippen LogP contribution in [0.15, 0.2) is 30.5 Å². The molecule has 1 aromatic heterocycles. The first-order valence-corrected chi connectivity index (χ1v) is 6.41. The SMILES string of the molecule is Cc1cc(C)c(CC(N)c2ccc(F)cn2)c(C)c1. The molecule has 2 rings (SSSR count). The van der Waals surface area contributed by atoms with Crippen LogP contribution in [0.5, 0.6) is 0 Å². The predicted molar refractivity (Wildman–Crippen MR) is 75.5 cm³/mol. The minimum Gasteiger partial charge on any atom is -0.322 e. The van der Waals surface area contributed by atoms with E-state index in [0.717, 1.165) is 12.1 Å². The van der Waals surface area contributed by atoms with Crippen molar-refractivity contribution in [3.05, 3.63) is 64.2 Å². The minimum absolute atomic E-state index is 0.208. The van der Waals surface area contributed by atoms with Crippen molar-refractivity contribution >= 4 is 0 Å². The molecular formula is C16H19FN2. The molecule has 0 fully saturated rings. The van der Waals surface area contributed by atoms with Crippen molar-refractivity contribution in [2.24, 2.45) is 5.73 Å². The van der Waals surface area contributed by atoms with Gasteiger partial charge in [0.15, 0.2) is 0 Å². The number of hydrogen-bond acceptors (Lipinski definition) is 2. The summed E-state index contributed by atoms with van der Waals surface area (Å²) < 4.78 is 12.8. The summed E-state index contributed by atoms with van der Waals surface area (Å²) in [5.74, 6) is -0.335. The van der Waals surface area contributed by atoms with Crippen LogP contribution in [0.2, 0.25) is 0 Å². The molecule has 100 valence electrons. The molecule has 2 nitrogen and oxygen atoms in total. The van der Waals surface area contributed by atoms with E-state index in [1.54, 1.807) is 6.07 Å². The molecule has 2 N–H and O–H groups in total. The lowest BCUT2D eigenvalue weighted by Gasteiger charge is -2.16. The van der Waals surface area contributed by atoms with Gasteiger partial charge in [-0.25, -0.2) is 4.39 Å². The molecule has 1 aromatic carbocycles. The van der Waals surface area contributed by atoms with Crippen LogP contribution in [-0.2, 0) is 6.42 Å². The zero-order valence-corrected chi connectivity index (χ0v) is 11.6. The van der Waals surface area contributed by atoms with Crippen LogP contribution < -0.4 is 5.73 Å². The van der Waals surface area contributed by atoms with Crippen LogP contribution in [0.1, 0.15) is 34.0 Å². The highest BCUT2D eigenvalue weighted by Crippen LogP contribution is 2.22. The zero-order chi connectivity index (χ0) is 14.0. The lowest BCUT2D eigenvalue weighted by molar-refractivity contribution is 0.611. The number of pyridine rings is 1. The molecule has 2 aromatic rings. The second kappa shape index (κ2) is 5.49. The Hall–Kier alpha value is -1.74. The standard InChI is InChI=1S/C16H19FN2/c1-10-6-11(2)14(12(3)7-10)8-15(18)16-5-4-13(17)9-19-16/h4-7,9,15H,8,18H2,1-3H3. The molecule has 0 aliphatic rings. The summed E-state index contributed by atoms with van der Waals surface area (Å²) in [6, 6.07) is 7.16. The fourth-order valence-corrected chi connectivity index (χ4v) is 2.46. The van der Waals surface area contributed by atoms with Gasteiger partial charge in [-0.1, -0.05) is 17.7 Å². The lowest BCUT2D eigenvalue weighted by Crippen LogP contribution is -2.16. The highest BCUT2D eigenvalue weighted by Gasteiger charge is 2.12. The molecule has 1 atom stereocenters. The van der Waals surface area contributed by atoms with E-state index in [9.17, 15) is 4.39 Å². The molecule has 0 spiro atoms. The molecule has 1 unspecified atom stereocenters. The average Bonchev–Trinajstić information content (AvgIpc) is 2.34. The van der Waals surface area contributed by atoms with Crippen molar-refractivity contribution in [3.8, 4) is 0 Å². The first-order valence-electron chi connectivity index (χ1n) is 6.41. The number of nitrogens with zero attached hydrogens (tertiary/aromatic N) is 1. The molecule has 0 aliphatic heterocycles. The van der Waals surface area contributed by atoms with Gasteiger partial charge in [-0.05, 0) is 56.0 Å². The van der Waals surface area contributed by atoms with Crippen LogP contribution in [-0.4, -0.2) is 4.98 Å². The van der Waals surface area contributed by atoms with Crippen molar-refractivity contribution in [1.29, 1.82) is 0 Å². The fraction of sp³-hybridized carbons (Fsp3) is 0.312. The van der Waals surface area contributed by atoms with Crippen LogP contribution in [0.4, 0.5) is 4.39 Å². The van der Waals surface area contributed by atoms with Crippen molar-refractivity contribution in [1.82, 2.24) is 4.98 Å². The van der Waals surface area contributed by atoms with E-state index in [-0.39, 0.29) is 11.9 Å². The first-order chi connectivity index (χ1) is 8.97. The van der Waals surface area contributed by atoms with Gasteiger partial charge in [0.1, 0.15) is 5.82 Å². The van der Waals surface area contributed by atoms with E-state index in [1.165, 1.54) is 34.5 Å². The molecule has 0 aliphatic carbocycles. The highest BCUT2D eigenvalue weighted by molar-refractivity contribution is 5.38. The Kier molecular flexibility index (Phi) is 3.96. The fourth-order valence-electron chi connectivity index (χ4n) is 2.46. The summed E-state index contributed by atoms with van der Waals surface area (Å²) in [6.07, 6.45) is 1.93. The van der Waals surface area contributed by atoms with Gasteiger partial charge in [0.25, 0.3) is 0 Å². The minimum atomic E-state index is -0.335. The Morgan fingerprint density at radius 3 is 2.32 bits per heavy atom. The molecule has 0 radical (unpaired) electrons. The average molecular weight is 258 g/mol. The summed E-state index contributed by atoms with van der Waals surface area (Å²) in [5, 5.41) is 0. The number of hydrogen-bond donors (Lipinski definition) is 1. The van der Waals surface area contributed by atoms with Gasteiger partial charge in [0.05, 0.1) is 17.9 Å². The van der Waals surface area contributed by atoms with Crippen LogP contribution in [0.3, 0.4) is 0 Å². The van der Waals surface area contributed by atoms with Gasteiger partial charge in [0, 0.05) is 0 Å². The van der Waals surface area contributed by atoms with E-state index in [2.05, 4.69) is 37.9 Å². The second-order valence-corrected chi connectivity index (χ2v) is 5.09. The van der Waals surface area contributed by atoms with Crippen molar-refractivity contribution in [3.63, 3.8) is 0 Å². The van der Waals surface area contributed by atoms with Gasteiger partial charge in [-0.2, -0.15) is 0 Å². The maximum Gasteiger partial charge on any atom is 0.141 e. The smallest absolute Gasteiger partial charge is 0.141 e. The largest absolute Gasteiger partial charge is 0.322 e. The summed E-state index contributed by atoms with van der Waals surface area (Å²) in [5.41, 5.74) is 11.9.